The number of urea groups is 1. The minimum Gasteiger partial charge on any atom is -0.468 e. The zero-order chi connectivity index (χ0) is 35.6. The van der Waals surface area contributed by atoms with Crippen molar-refractivity contribution in [3.05, 3.63) is 11.3 Å². The number of fused-ring (bicyclic) bond motifs is 1. The highest BCUT2D eigenvalue weighted by molar-refractivity contribution is 8.14. The van der Waals surface area contributed by atoms with Crippen LogP contribution in [0.3, 0.4) is 0 Å². The summed E-state index contributed by atoms with van der Waals surface area (Å²) < 4.78 is 10.7. The van der Waals surface area contributed by atoms with Crippen molar-refractivity contribution >= 4 is 35.5 Å². The number of hydrogen-bond acceptors (Lipinski definition) is 8. The average Bonchev–Trinajstić information content (AvgIpc) is 3.53. The number of unbranched alkanes of at least 4 members (excludes halogenated alkanes) is 12. The summed E-state index contributed by atoms with van der Waals surface area (Å²) in [5.41, 5.74) is 1.80. The summed E-state index contributed by atoms with van der Waals surface area (Å²) in [6.45, 7) is 7.22. The first-order valence-corrected chi connectivity index (χ1v) is 21.5. The number of carbonyl (C=O) groups excluding carboxylic acids is 3. The summed E-state index contributed by atoms with van der Waals surface area (Å²) in [6.07, 6.45) is 26.4. The van der Waals surface area contributed by atoms with Crippen LogP contribution in [0.4, 0.5) is 9.59 Å². The fraction of sp³-hybridized carbons (Fsp3) is 0.850. The standard InChI is InChI=1S/C40H68N4O5S/c1-4-6-7-8-9-10-11-12-13-14-15-16-17-22-31-23-20-21-30(3)36(31)37-32(26-27-48-29-45)35(43-39(46)44(37)40(47)49-5-2)28-50-38-41-33-24-18-19-25-34(33)42-38/h29-31,33-34,36-37H,4-28H2,1-3H3,(H,41,42)(H,43,46). The Kier molecular flexibility index (Phi) is 18.4. The Hall–Kier alpha value is -2.23. The number of thioether (sulfide) groups is 1. The normalized spacial score (nSPS) is 26.6. The van der Waals surface area contributed by atoms with E-state index < -0.39 is 18.2 Å². The van der Waals surface area contributed by atoms with Crippen LogP contribution in [-0.2, 0) is 14.3 Å². The molecule has 0 saturated heterocycles. The molecule has 2 N–H and O–H groups in total. The monoisotopic (exact) mass is 716 g/mol. The Balaban J connectivity index is 1.43. The van der Waals surface area contributed by atoms with Crippen molar-refractivity contribution in [3.8, 4) is 0 Å². The van der Waals surface area contributed by atoms with Gasteiger partial charge in [0.1, 0.15) is 0 Å². The van der Waals surface area contributed by atoms with Gasteiger partial charge in [0.15, 0.2) is 5.17 Å². The highest BCUT2D eigenvalue weighted by Gasteiger charge is 2.48. The molecule has 0 spiro atoms. The van der Waals surface area contributed by atoms with Gasteiger partial charge in [-0.05, 0) is 43.1 Å². The summed E-state index contributed by atoms with van der Waals surface area (Å²) >= 11 is 1.62. The molecular weight excluding hydrogens is 649 g/mol. The molecule has 2 heterocycles. The molecule has 9 nitrogen and oxygen atoms in total. The van der Waals surface area contributed by atoms with Gasteiger partial charge >= 0.3 is 12.1 Å². The molecular formula is C40H68N4O5S. The molecule has 2 fully saturated rings. The lowest BCUT2D eigenvalue weighted by Crippen LogP contribution is -2.59. The zero-order valence-electron chi connectivity index (χ0n) is 31.6. The lowest BCUT2D eigenvalue weighted by atomic mass is 9.65. The van der Waals surface area contributed by atoms with E-state index in [1.54, 1.807) is 18.7 Å². The molecule has 50 heavy (non-hydrogen) atoms. The van der Waals surface area contributed by atoms with E-state index in [1.165, 1.54) is 108 Å². The quantitative estimate of drug-likeness (QED) is 0.0848. The lowest BCUT2D eigenvalue weighted by molar-refractivity contribution is -0.128. The van der Waals surface area contributed by atoms with Crippen molar-refractivity contribution in [2.75, 3.05) is 19.0 Å². The third-order valence-electron chi connectivity index (χ3n) is 11.7. The molecule has 2 aliphatic heterocycles. The van der Waals surface area contributed by atoms with Gasteiger partial charge in [-0.2, -0.15) is 0 Å². The van der Waals surface area contributed by atoms with Gasteiger partial charge in [-0.15, -0.1) is 0 Å². The Morgan fingerprint density at radius 1 is 0.920 bits per heavy atom. The highest BCUT2D eigenvalue weighted by Crippen LogP contribution is 2.45. The molecule has 2 aliphatic carbocycles. The fourth-order valence-electron chi connectivity index (χ4n) is 9.05. The van der Waals surface area contributed by atoms with Gasteiger partial charge < -0.3 is 20.1 Å². The van der Waals surface area contributed by atoms with E-state index in [2.05, 4.69) is 24.5 Å². The number of imide groups is 1. The number of carbonyl (C=O) groups is 3. The molecule has 0 aromatic heterocycles. The Bertz CT molecular complexity index is 1120. The number of ether oxygens (including phenoxy) is 2. The number of aliphatic imine (C=N–C) groups is 1. The van der Waals surface area contributed by atoms with Crippen molar-refractivity contribution in [2.24, 2.45) is 22.7 Å². The predicted octanol–water partition coefficient (Wildman–Crippen LogP) is 9.89. The minimum absolute atomic E-state index is 0.118. The second-order valence-electron chi connectivity index (χ2n) is 15.3. The number of amidine groups is 1. The van der Waals surface area contributed by atoms with Gasteiger partial charge in [0.05, 0.1) is 31.3 Å². The molecule has 0 aromatic carbocycles. The summed E-state index contributed by atoms with van der Waals surface area (Å²) in [5, 5.41) is 7.64. The minimum atomic E-state index is -0.598. The second-order valence-corrected chi connectivity index (χ2v) is 16.2. The third-order valence-corrected chi connectivity index (χ3v) is 12.6. The number of nitrogens with zero attached hydrogens (tertiary/aromatic N) is 2. The smallest absolute Gasteiger partial charge is 0.418 e. The topological polar surface area (TPSA) is 109 Å². The van der Waals surface area contributed by atoms with E-state index in [-0.39, 0.29) is 19.1 Å². The van der Waals surface area contributed by atoms with Gasteiger partial charge in [0, 0.05) is 17.9 Å². The largest absolute Gasteiger partial charge is 0.468 e. The van der Waals surface area contributed by atoms with Gasteiger partial charge in [0.2, 0.25) is 0 Å². The maximum Gasteiger partial charge on any atom is 0.418 e. The van der Waals surface area contributed by atoms with Crippen LogP contribution in [0.2, 0.25) is 0 Å². The van der Waals surface area contributed by atoms with Crippen LogP contribution < -0.4 is 10.6 Å². The molecule has 0 radical (unpaired) electrons. The SMILES string of the molecule is CCCCCCCCCCCCCCCC1CCCC(C)C1C1C(CCOC=O)=C(CSC2=NC3CCCCC3N2)NC(=O)N1C(=O)OCC. The molecule has 3 amide bonds. The first-order chi connectivity index (χ1) is 24.5. The summed E-state index contributed by atoms with van der Waals surface area (Å²) in [7, 11) is 0. The van der Waals surface area contributed by atoms with E-state index >= 15 is 0 Å². The van der Waals surface area contributed by atoms with Crippen molar-refractivity contribution in [1.82, 2.24) is 15.5 Å². The van der Waals surface area contributed by atoms with Crippen molar-refractivity contribution in [3.63, 3.8) is 0 Å². The van der Waals surface area contributed by atoms with E-state index in [9.17, 15) is 14.4 Å². The molecule has 0 bridgehead atoms. The number of rotatable bonds is 22. The predicted molar refractivity (Wildman–Crippen MR) is 204 cm³/mol. The van der Waals surface area contributed by atoms with E-state index in [1.807, 2.05) is 0 Å². The van der Waals surface area contributed by atoms with Crippen LogP contribution >= 0.6 is 11.8 Å². The molecule has 10 heteroatoms. The summed E-state index contributed by atoms with van der Waals surface area (Å²) in [4.78, 5) is 45.0. The van der Waals surface area contributed by atoms with Crippen molar-refractivity contribution < 1.29 is 23.9 Å². The molecule has 4 aliphatic rings. The van der Waals surface area contributed by atoms with Crippen LogP contribution in [-0.4, -0.2) is 65.8 Å². The lowest BCUT2D eigenvalue weighted by Gasteiger charge is -2.48. The Labute approximate surface area is 307 Å². The Morgan fingerprint density at radius 3 is 2.26 bits per heavy atom. The number of nitrogens with one attached hydrogen (secondary N) is 2. The summed E-state index contributed by atoms with van der Waals surface area (Å²) in [5.74, 6) is 1.39. The second kappa shape index (κ2) is 22.7. The van der Waals surface area contributed by atoms with Gasteiger partial charge in [-0.25, -0.2) is 14.5 Å². The fourth-order valence-corrected chi connectivity index (χ4v) is 10.0. The molecule has 6 atom stereocenters. The highest BCUT2D eigenvalue weighted by atomic mass is 32.2. The van der Waals surface area contributed by atoms with Crippen molar-refractivity contribution in [2.45, 2.75) is 180 Å². The van der Waals surface area contributed by atoms with Gasteiger partial charge in [-0.1, -0.05) is 148 Å². The zero-order valence-corrected chi connectivity index (χ0v) is 32.4. The number of amides is 3. The van der Waals surface area contributed by atoms with E-state index in [0.717, 1.165) is 48.5 Å². The number of hydrogen-bond donors (Lipinski definition) is 2. The van der Waals surface area contributed by atoms with Crippen LogP contribution in [0.1, 0.15) is 162 Å². The Morgan fingerprint density at radius 2 is 1.60 bits per heavy atom. The molecule has 2 saturated carbocycles. The molecule has 0 aromatic rings. The molecule has 284 valence electrons. The van der Waals surface area contributed by atoms with Crippen LogP contribution in [0, 0.1) is 17.8 Å². The van der Waals surface area contributed by atoms with E-state index in [0.29, 0.717) is 42.6 Å². The van der Waals surface area contributed by atoms with Crippen LogP contribution in [0.5, 0.6) is 0 Å². The summed E-state index contributed by atoms with van der Waals surface area (Å²) in [6, 6.07) is -0.112. The van der Waals surface area contributed by atoms with Crippen LogP contribution in [0.15, 0.2) is 16.3 Å². The van der Waals surface area contributed by atoms with Gasteiger partial charge in [-0.3, -0.25) is 9.79 Å². The third kappa shape index (κ3) is 12.2. The molecule has 4 rings (SSSR count). The first-order valence-electron chi connectivity index (χ1n) is 20.5. The maximum absolute atomic E-state index is 13.9. The molecule has 6 unspecified atom stereocenters. The average molecular weight is 717 g/mol. The van der Waals surface area contributed by atoms with Crippen molar-refractivity contribution in [1.29, 1.82) is 0 Å². The van der Waals surface area contributed by atoms with E-state index in [4.69, 9.17) is 14.5 Å². The van der Waals surface area contributed by atoms with Crippen LogP contribution in [0.25, 0.3) is 0 Å². The van der Waals surface area contributed by atoms with Gasteiger partial charge in [0.25, 0.3) is 6.47 Å². The maximum atomic E-state index is 13.9. The first kappa shape index (κ1) is 40.5.